The highest BCUT2D eigenvalue weighted by molar-refractivity contribution is 5.94. The molecule has 25 heavy (non-hydrogen) atoms. The second kappa shape index (κ2) is 7.16. The molecule has 1 rings (SSSR count). The van der Waals surface area contributed by atoms with Crippen LogP contribution in [0, 0.1) is 0 Å². The number of carbonyl (C=O) groups excluding carboxylic acids is 3. The van der Waals surface area contributed by atoms with Crippen molar-refractivity contribution in [3.63, 3.8) is 0 Å². The molecule has 0 aromatic rings. The lowest BCUT2D eigenvalue weighted by Crippen LogP contribution is -2.63. The van der Waals surface area contributed by atoms with Crippen molar-refractivity contribution in [3.05, 3.63) is 24.1 Å². The highest BCUT2D eigenvalue weighted by Crippen LogP contribution is 2.24. The van der Waals surface area contributed by atoms with Crippen molar-refractivity contribution in [2.75, 3.05) is 7.11 Å². The zero-order valence-electron chi connectivity index (χ0n) is 15.7. The number of rotatable bonds is 3. The van der Waals surface area contributed by atoms with Crippen LogP contribution in [0.1, 0.15) is 41.5 Å². The van der Waals surface area contributed by atoms with Crippen LogP contribution >= 0.6 is 0 Å². The molecule has 140 valence electrons. The topological polar surface area (TPSA) is 94.2 Å². The summed E-state index contributed by atoms with van der Waals surface area (Å²) in [6.45, 7) is 9.91. The van der Waals surface area contributed by atoms with Crippen molar-refractivity contribution in [2.45, 2.75) is 58.4 Å². The Labute approximate surface area is 147 Å². The maximum Gasteiger partial charge on any atom is 0.422 e. The van der Waals surface area contributed by atoms with Crippen molar-refractivity contribution in [3.8, 4) is 0 Å². The number of imide groups is 1. The largest absolute Gasteiger partial charge is 0.495 e. The number of nitrogens with one attached hydrogen (secondary N) is 1. The molecule has 1 heterocycles. The Bertz CT molecular complexity index is 569. The summed E-state index contributed by atoms with van der Waals surface area (Å²) in [6, 6.07) is 0. The van der Waals surface area contributed by atoms with Gasteiger partial charge in [0.25, 0.3) is 0 Å². The number of dihydropyridines is 1. The van der Waals surface area contributed by atoms with Gasteiger partial charge in [0.1, 0.15) is 17.0 Å². The molecule has 0 fully saturated rings. The Morgan fingerprint density at radius 2 is 1.56 bits per heavy atom. The van der Waals surface area contributed by atoms with Gasteiger partial charge in [0.15, 0.2) is 6.29 Å². The molecule has 0 saturated heterocycles. The van der Waals surface area contributed by atoms with E-state index >= 15 is 0 Å². The molecule has 0 aromatic carbocycles. The molecule has 0 radical (unpaired) electrons. The van der Waals surface area contributed by atoms with Gasteiger partial charge in [-0.15, -0.1) is 0 Å². The molecule has 0 aliphatic carbocycles. The highest BCUT2D eigenvalue weighted by atomic mass is 16.6. The van der Waals surface area contributed by atoms with E-state index in [1.165, 1.54) is 25.5 Å². The average Bonchev–Trinajstić information content (AvgIpc) is 2.44. The number of allylic oxidation sites excluding steroid dienone is 1. The number of hydrogen-bond donors (Lipinski definition) is 1. The molecule has 0 spiro atoms. The van der Waals surface area contributed by atoms with E-state index in [0.717, 1.165) is 0 Å². The monoisotopic (exact) mass is 354 g/mol. The van der Waals surface area contributed by atoms with Crippen LogP contribution in [0.3, 0.4) is 0 Å². The van der Waals surface area contributed by atoms with Crippen molar-refractivity contribution >= 4 is 18.5 Å². The number of methoxy groups -OCH3 is 1. The minimum atomic E-state index is -1.79. The van der Waals surface area contributed by atoms with E-state index in [-0.39, 0.29) is 0 Å². The quantitative estimate of drug-likeness (QED) is 0.779. The first-order valence-electron chi connectivity index (χ1n) is 7.77. The lowest BCUT2D eigenvalue weighted by molar-refractivity contribution is -0.117. The average molecular weight is 354 g/mol. The molecule has 1 N–H and O–H groups in total. The molecule has 1 atom stereocenters. The van der Waals surface area contributed by atoms with Crippen LogP contribution in [-0.4, -0.2) is 47.3 Å². The SMILES string of the molecule is COC1=CNC(C=O)(N(C(=O)OC(C)(C)C)C(=O)OC(C)(C)C)C=C1. The number of amides is 2. The Morgan fingerprint density at radius 1 is 1.08 bits per heavy atom. The Balaban J connectivity index is 3.27. The van der Waals surface area contributed by atoms with E-state index < -0.39 is 29.1 Å². The van der Waals surface area contributed by atoms with E-state index in [2.05, 4.69) is 5.32 Å². The van der Waals surface area contributed by atoms with Crippen LogP contribution in [0.15, 0.2) is 24.1 Å². The van der Waals surface area contributed by atoms with Crippen molar-refractivity contribution in [1.82, 2.24) is 10.2 Å². The Hall–Kier alpha value is -2.51. The van der Waals surface area contributed by atoms with Crippen LogP contribution in [0.4, 0.5) is 9.59 Å². The third-order valence-electron chi connectivity index (χ3n) is 2.88. The molecule has 0 aromatic heterocycles. The van der Waals surface area contributed by atoms with Gasteiger partial charge in [0.2, 0.25) is 5.66 Å². The van der Waals surface area contributed by atoms with Gasteiger partial charge in [-0.05, 0) is 53.7 Å². The predicted octanol–water partition coefficient (Wildman–Crippen LogP) is 2.70. The molecule has 0 bridgehead atoms. The molecule has 2 amide bonds. The number of carbonyl (C=O) groups is 3. The minimum absolute atomic E-state index is 0.417. The standard InChI is InChI=1S/C17H26N2O6/c1-15(2,3)24-13(21)19(14(22)25-16(4,5)6)17(11-20)9-8-12(23-7)10-18-17/h8-11,18H,1-7H3. The van der Waals surface area contributed by atoms with Crippen LogP contribution < -0.4 is 5.32 Å². The molecule has 8 nitrogen and oxygen atoms in total. The summed E-state index contributed by atoms with van der Waals surface area (Å²) in [6.07, 6.45) is 2.55. The molecule has 1 aliphatic heterocycles. The lowest BCUT2D eigenvalue weighted by atomic mass is 10.1. The highest BCUT2D eigenvalue weighted by Gasteiger charge is 2.47. The first-order valence-corrected chi connectivity index (χ1v) is 7.77. The van der Waals surface area contributed by atoms with Gasteiger partial charge >= 0.3 is 12.2 Å². The van der Waals surface area contributed by atoms with Gasteiger partial charge in [0.05, 0.1) is 7.11 Å². The summed E-state index contributed by atoms with van der Waals surface area (Å²) in [5, 5.41) is 2.70. The number of ether oxygens (including phenoxy) is 3. The van der Waals surface area contributed by atoms with Crippen molar-refractivity contribution in [1.29, 1.82) is 0 Å². The normalized spacial score (nSPS) is 20.0. The summed E-state index contributed by atoms with van der Waals surface area (Å²) in [4.78, 5) is 37.7. The van der Waals surface area contributed by atoms with Crippen molar-refractivity contribution in [2.24, 2.45) is 0 Å². The maximum absolute atomic E-state index is 12.6. The first-order chi connectivity index (χ1) is 11.3. The molecule has 1 unspecified atom stereocenters. The summed E-state index contributed by atoms with van der Waals surface area (Å²) in [5.41, 5.74) is -3.52. The number of aldehydes is 1. The summed E-state index contributed by atoms with van der Waals surface area (Å²) < 4.78 is 15.6. The minimum Gasteiger partial charge on any atom is -0.495 e. The van der Waals surface area contributed by atoms with Gasteiger partial charge in [0, 0.05) is 6.20 Å². The molecule has 1 aliphatic rings. The van der Waals surface area contributed by atoms with E-state index in [9.17, 15) is 14.4 Å². The van der Waals surface area contributed by atoms with E-state index in [0.29, 0.717) is 16.9 Å². The third-order valence-corrected chi connectivity index (χ3v) is 2.88. The first kappa shape index (κ1) is 20.5. The summed E-state index contributed by atoms with van der Waals surface area (Å²) >= 11 is 0. The van der Waals surface area contributed by atoms with Crippen LogP contribution in [0.2, 0.25) is 0 Å². The number of nitrogens with zero attached hydrogens (tertiary/aromatic N) is 1. The van der Waals surface area contributed by atoms with E-state index in [4.69, 9.17) is 14.2 Å². The molecular formula is C17H26N2O6. The molecular weight excluding hydrogens is 328 g/mol. The van der Waals surface area contributed by atoms with Crippen LogP contribution in [-0.2, 0) is 19.0 Å². The van der Waals surface area contributed by atoms with Gasteiger partial charge in [-0.2, -0.15) is 4.90 Å². The summed E-state index contributed by atoms with van der Waals surface area (Å²) in [7, 11) is 1.45. The second-order valence-corrected chi connectivity index (χ2v) is 7.47. The fourth-order valence-corrected chi connectivity index (χ4v) is 1.88. The second-order valence-electron chi connectivity index (χ2n) is 7.47. The third kappa shape index (κ3) is 5.51. The number of hydrogen-bond acceptors (Lipinski definition) is 7. The summed E-state index contributed by atoms with van der Waals surface area (Å²) in [5.74, 6) is 0.422. The fourth-order valence-electron chi connectivity index (χ4n) is 1.88. The van der Waals surface area contributed by atoms with Crippen molar-refractivity contribution < 1.29 is 28.6 Å². The van der Waals surface area contributed by atoms with Gasteiger partial charge < -0.3 is 19.5 Å². The zero-order valence-corrected chi connectivity index (χ0v) is 15.7. The lowest BCUT2D eigenvalue weighted by Gasteiger charge is -2.38. The fraction of sp³-hybridized carbons (Fsp3) is 0.588. The molecule has 8 heteroatoms. The Morgan fingerprint density at radius 3 is 1.84 bits per heavy atom. The van der Waals surface area contributed by atoms with Crippen LogP contribution in [0.25, 0.3) is 0 Å². The zero-order chi connectivity index (χ0) is 19.5. The van der Waals surface area contributed by atoms with Crippen LogP contribution in [0.5, 0.6) is 0 Å². The molecule has 0 saturated carbocycles. The maximum atomic E-state index is 12.6. The van der Waals surface area contributed by atoms with Gasteiger partial charge in [-0.1, -0.05) is 0 Å². The van der Waals surface area contributed by atoms with E-state index in [1.807, 2.05) is 0 Å². The van der Waals surface area contributed by atoms with Gasteiger partial charge in [-0.3, -0.25) is 4.79 Å². The van der Waals surface area contributed by atoms with E-state index in [1.54, 1.807) is 41.5 Å². The van der Waals surface area contributed by atoms with Gasteiger partial charge in [-0.25, -0.2) is 9.59 Å². The Kier molecular flexibility index (Phi) is 5.88. The predicted molar refractivity (Wildman–Crippen MR) is 90.5 cm³/mol. The smallest absolute Gasteiger partial charge is 0.422 e.